The Hall–Kier alpha value is -4.00. The van der Waals surface area contributed by atoms with Gasteiger partial charge in [-0.25, -0.2) is 4.79 Å². The normalized spacial score (nSPS) is 30.4. The number of rotatable bonds is 5. The first-order valence-corrected chi connectivity index (χ1v) is 12.2. The van der Waals surface area contributed by atoms with E-state index in [9.17, 15) is 44.7 Å². The molecule has 12 nitrogen and oxygen atoms in total. The number of nitrogens with two attached hydrogens (primary N) is 1. The van der Waals surface area contributed by atoms with E-state index in [0.29, 0.717) is 5.56 Å². The summed E-state index contributed by atoms with van der Waals surface area (Å²) < 4.78 is 4.82. The summed E-state index contributed by atoms with van der Waals surface area (Å²) in [5.74, 6) is -10.3. The first-order chi connectivity index (χ1) is 18.2. The molecule has 1 aromatic carbocycles. The lowest BCUT2D eigenvalue weighted by molar-refractivity contribution is -0.162. The molecule has 12 heteroatoms. The SMILES string of the molecule is CCOC(=O)/C=C/c1ccc2c(c1O)C(=O)C1=C(O)[C@]3(O)C(=O)C(C(N)=O)=C(O)[C@@H](N(C)C)[C@@H]3[C@@H](O)[C@@H]1[C@H]2C. The number of benzene rings is 1. The summed E-state index contributed by atoms with van der Waals surface area (Å²) in [5, 5.41) is 56.5. The topological polar surface area (TPSA) is 208 Å². The van der Waals surface area contributed by atoms with Crippen molar-refractivity contribution in [3.8, 4) is 5.75 Å². The second-order valence-corrected chi connectivity index (χ2v) is 10.1. The number of likely N-dealkylation sites (N-methyl/N-ethyl adjacent to an activating group) is 1. The first-order valence-electron chi connectivity index (χ1n) is 12.2. The third kappa shape index (κ3) is 3.86. The number of aliphatic hydroxyl groups excluding tert-OH is 3. The smallest absolute Gasteiger partial charge is 0.330 e. The van der Waals surface area contributed by atoms with E-state index < -0.39 is 87.4 Å². The van der Waals surface area contributed by atoms with Crippen LogP contribution in [0.3, 0.4) is 0 Å². The highest BCUT2D eigenvalue weighted by molar-refractivity contribution is 6.25. The van der Waals surface area contributed by atoms with Crippen LogP contribution in [-0.2, 0) is 19.1 Å². The maximum absolute atomic E-state index is 13.8. The van der Waals surface area contributed by atoms with Crippen LogP contribution in [0.1, 0.15) is 41.3 Å². The molecule has 1 aromatic rings. The lowest BCUT2D eigenvalue weighted by Gasteiger charge is -2.53. The summed E-state index contributed by atoms with van der Waals surface area (Å²) >= 11 is 0. The number of phenolic OH excluding ortho intramolecular Hbond substituents is 1. The number of hydrogen-bond acceptors (Lipinski definition) is 11. The molecule has 208 valence electrons. The molecule has 0 heterocycles. The molecule has 39 heavy (non-hydrogen) atoms. The van der Waals surface area contributed by atoms with Crippen molar-refractivity contribution >= 4 is 29.5 Å². The summed E-state index contributed by atoms with van der Waals surface area (Å²) in [5.41, 5.74) is 1.00. The van der Waals surface area contributed by atoms with E-state index in [1.165, 1.54) is 37.2 Å². The molecule has 0 aromatic heterocycles. The summed E-state index contributed by atoms with van der Waals surface area (Å²) in [6.07, 6.45) is 0.626. The molecule has 6 atom stereocenters. The number of hydrogen-bond donors (Lipinski definition) is 6. The molecule has 0 spiro atoms. The molecule has 4 rings (SSSR count). The van der Waals surface area contributed by atoms with Crippen LogP contribution in [0.5, 0.6) is 5.75 Å². The number of carbonyl (C=O) groups excluding carboxylic acids is 4. The lowest BCUT2D eigenvalue weighted by Crippen LogP contribution is -2.68. The Labute approximate surface area is 223 Å². The third-order valence-corrected chi connectivity index (χ3v) is 7.85. The van der Waals surface area contributed by atoms with Crippen LogP contribution < -0.4 is 5.73 Å². The highest BCUT2D eigenvalue weighted by atomic mass is 16.5. The summed E-state index contributed by atoms with van der Waals surface area (Å²) in [6.45, 7) is 3.38. The van der Waals surface area contributed by atoms with E-state index in [2.05, 4.69) is 0 Å². The van der Waals surface area contributed by atoms with Gasteiger partial charge in [0.15, 0.2) is 11.4 Å². The van der Waals surface area contributed by atoms with Gasteiger partial charge in [0.05, 0.1) is 30.2 Å². The highest BCUT2D eigenvalue weighted by Crippen LogP contribution is 2.55. The Morgan fingerprint density at radius 3 is 2.38 bits per heavy atom. The van der Waals surface area contributed by atoms with E-state index in [1.807, 2.05) is 0 Å². The number of amides is 1. The fraction of sp³-hybridized carbons (Fsp3) is 0.407. The minimum atomic E-state index is -2.99. The average molecular weight is 543 g/mol. The van der Waals surface area contributed by atoms with Gasteiger partial charge in [-0.15, -0.1) is 0 Å². The number of aliphatic hydroxyl groups is 4. The third-order valence-electron chi connectivity index (χ3n) is 7.85. The van der Waals surface area contributed by atoms with Gasteiger partial charge in [-0.2, -0.15) is 0 Å². The van der Waals surface area contributed by atoms with Gasteiger partial charge in [0, 0.05) is 23.1 Å². The van der Waals surface area contributed by atoms with Crippen molar-refractivity contribution in [2.75, 3.05) is 20.7 Å². The average Bonchev–Trinajstić information content (AvgIpc) is 2.85. The van der Waals surface area contributed by atoms with Crippen molar-refractivity contribution < 1.29 is 49.4 Å². The van der Waals surface area contributed by atoms with Crippen LogP contribution in [-0.4, -0.2) is 92.3 Å². The number of primary amides is 1. The number of nitrogens with zero attached hydrogens (tertiary/aromatic N) is 1. The van der Waals surface area contributed by atoms with E-state index in [0.717, 1.165) is 6.08 Å². The van der Waals surface area contributed by atoms with Gasteiger partial charge in [0.1, 0.15) is 22.8 Å². The van der Waals surface area contributed by atoms with Gasteiger partial charge in [-0.1, -0.05) is 19.1 Å². The van der Waals surface area contributed by atoms with Crippen LogP contribution >= 0.6 is 0 Å². The zero-order chi connectivity index (χ0) is 29.1. The quantitative estimate of drug-likeness (QED) is 0.169. The minimum absolute atomic E-state index is 0.0825. The summed E-state index contributed by atoms with van der Waals surface area (Å²) in [6, 6.07) is 1.66. The number of esters is 1. The van der Waals surface area contributed by atoms with Gasteiger partial charge in [-0.05, 0) is 38.6 Å². The molecule has 0 aliphatic heterocycles. The largest absolute Gasteiger partial charge is 0.510 e. The van der Waals surface area contributed by atoms with Crippen molar-refractivity contribution in [1.29, 1.82) is 0 Å². The van der Waals surface area contributed by atoms with Crippen molar-refractivity contribution in [1.82, 2.24) is 4.90 Å². The molecule has 7 N–H and O–H groups in total. The number of ether oxygens (including phenoxy) is 1. The molecule has 0 saturated carbocycles. The molecular formula is C27H30N2O10. The number of phenols is 1. The van der Waals surface area contributed by atoms with Crippen LogP contribution in [0.25, 0.3) is 6.08 Å². The Balaban J connectivity index is 1.95. The van der Waals surface area contributed by atoms with E-state index >= 15 is 0 Å². The van der Waals surface area contributed by atoms with Crippen molar-refractivity contribution in [3.63, 3.8) is 0 Å². The molecule has 0 bridgehead atoms. The maximum atomic E-state index is 13.8. The molecule has 3 aliphatic carbocycles. The maximum Gasteiger partial charge on any atom is 0.330 e. The van der Waals surface area contributed by atoms with E-state index in [-0.39, 0.29) is 17.7 Å². The number of ketones is 2. The number of Topliss-reactive ketones (excluding diaryl/α,β-unsaturated/α-hetero) is 2. The Kier molecular flexibility index (Phi) is 6.92. The van der Waals surface area contributed by atoms with Crippen molar-refractivity contribution in [2.24, 2.45) is 17.6 Å². The minimum Gasteiger partial charge on any atom is -0.510 e. The summed E-state index contributed by atoms with van der Waals surface area (Å²) in [4.78, 5) is 52.3. The number of carbonyl (C=O) groups is 4. The van der Waals surface area contributed by atoms with Crippen molar-refractivity contribution in [3.05, 3.63) is 57.6 Å². The van der Waals surface area contributed by atoms with E-state index in [1.54, 1.807) is 13.8 Å². The molecule has 0 fully saturated rings. The second kappa shape index (κ2) is 9.63. The Bertz CT molecular complexity index is 1390. The predicted octanol–water partition coefficient (Wildman–Crippen LogP) is 0.229. The molecule has 3 aliphatic rings. The fourth-order valence-electron chi connectivity index (χ4n) is 6.12. The van der Waals surface area contributed by atoms with Gasteiger partial charge in [0.2, 0.25) is 5.78 Å². The van der Waals surface area contributed by atoms with Gasteiger partial charge >= 0.3 is 5.97 Å². The van der Waals surface area contributed by atoms with Crippen LogP contribution in [0.4, 0.5) is 0 Å². The molecular weight excluding hydrogens is 512 g/mol. The number of aromatic hydroxyl groups is 1. The molecule has 1 amide bonds. The zero-order valence-electron chi connectivity index (χ0n) is 21.7. The second-order valence-electron chi connectivity index (χ2n) is 10.1. The monoisotopic (exact) mass is 542 g/mol. The van der Waals surface area contributed by atoms with E-state index in [4.69, 9.17) is 10.5 Å². The zero-order valence-corrected chi connectivity index (χ0v) is 21.7. The van der Waals surface area contributed by atoms with Crippen LogP contribution in [0.15, 0.2) is 40.9 Å². The highest BCUT2D eigenvalue weighted by Gasteiger charge is 2.67. The number of fused-ring (bicyclic) bond motifs is 3. The molecule has 0 radical (unpaired) electrons. The first kappa shape index (κ1) is 28.0. The van der Waals surface area contributed by atoms with Gasteiger partial charge in [-0.3, -0.25) is 19.3 Å². The van der Waals surface area contributed by atoms with Crippen LogP contribution in [0, 0.1) is 11.8 Å². The standard InChI is InChI=1S/C27H30N2O10/c1-5-39-13(30)9-7-11-6-8-12-10(2)14-16(21(32)15(12)20(11)31)24(35)27(38)18(22(14)33)19(29(3)4)23(34)17(25(27)36)26(28)37/h6-10,14,18-19,22,31,33-35,38H,5H2,1-4H3,(H2,28,37)/b9-7+/t10-,14+,18+,19-,22-,27-/m0/s1. The van der Waals surface area contributed by atoms with Crippen LogP contribution in [0.2, 0.25) is 0 Å². The predicted molar refractivity (Wildman–Crippen MR) is 135 cm³/mol. The summed E-state index contributed by atoms with van der Waals surface area (Å²) in [7, 11) is 2.93. The Morgan fingerprint density at radius 2 is 1.82 bits per heavy atom. The molecule has 0 saturated heterocycles. The van der Waals surface area contributed by atoms with Crippen molar-refractivity contribution in [2.45, 2.75) is 37.5 Å². The Morgan fingerprint density at radius 1 is 1.18 bits per heavy atom. The van der Waals surface area contributed by atoms with Gasteiger partial charge < -0.3 is 36.0 Å². The van der Waals surface area contributed by atoms with Gasteiger partial charge in [0.25, 0.3) is 5.91 Å². The fourth-order valence-corrected chi connectivity index (χ4v) is 6.12. The lowest BCUT2D eigenvalue weighted by atomic mass is 9.55. The molecule has 0 unspecified atom stereocenters.